The molecule has 0 saturated carbocycles. The number of nitrogens with zero attached hydrogens (tertiary/aromatic N) is 2. The van der Waals surface area contributed by atoms with E-state index < -0.39 is 5.82 Å². The lowest BCUT2D eigenvalue weighted by Gasteiger charge is -2.08. The largest absolute Gasteiger partial charge is 0.314 e. The minimum Gasteiger partial charge on any atom is -0.314 e. The van der Waals surface area contributed by atoms with Crippen LogP contribution in [0.25, 0.3) is 17.3 Å². The second kappa shape index (κ2) is 6.29. The second-order valence-electron chi connectivity index (χ2n) is 4.90. The number of benzene rings is 2. The Morgan fingerprint density at radius 2 is 1.61 bits per heavy atom. The highest BCUT2D eigenvalue weighted by Gasteiger charge is 2.10. The van der Waals surface area contributed by atoms with Gasteiger partial charge < -0.3 is 4.57 Å². The summed E-state index contributed by atoms with van der Waals surface area (Å²) < 4.78 is 29.5. The van der Waals surface area contributed by atoms with Crippen molar-refractivity contribution in [3.8, 4) is 11.8 Å². The van der Waals surface area contributed by atoms with E-state index in [2.05, 4.69) is 0 Å². The van der Waals surface area contributed by atoms with Gasteiger partial charge in [-0.05, 0) is 36.4 Å². The van der Waals surface area contributed by atoms with Crippen LogP contribution < -0.4 is 0 Å². The van der Waals surface area contributed by atoms with Gasteiger partial charge in [0.2, 0.25) is 0 Å². The number of para-hydroxylation sites is 1. The third-order valence-corrected chi connectivity index (χ3v) is 3.47. The summed E-state index contributed by atoms with van der Waals surface area (Å²) in [7, 11) is 0. The number of rotatable bonds is 3. The quantitative estimate of drug-likeness (QED) is 0.638. The first-order valence-electron chi connectivity index (χ1n) is 6.99. The van der Waals surface area contributed by atoms with Gasteiger partial charge in [-0.2, -0.15) is 5.26 Å². The molecular formula is C19H12F2N2. The summed E-state index contributed by atoms with van der Waals surface area (Å²) in [4.78, 5) is 0. The van der Waals surface area contributed by atoms with Gasteiger partial charge in [-0.15, -0.1) is 0 Å². The molecule has 1 aromatic heterocycles. The fourth-order valence-electron chi connectivity index (χ4n) is 2.38. The Kier molecular flexibility index (Phi) is 4.03. The van der Waals surface area contributed by atoms with Gasteiger partial charge in [-0.25, -0.2) is 8.78 Å². The van der Waals surface area contributed by atoms with Gasteiger partial charge in [0.05, 0.1) is 17.3 Å². The van der Waals surface area contributed by atoms with E-state index in [1.807, 2.05) is 6.07 Å². The van der Waals surface area contributed by atoms with Crippen molar-refractivity contribution in [2.45, 2.75) is 0 Å². The zero-order valence-electron chi connectivity index (χ0n) is 12.1. The van der Waals surface area contributed by atoms with Crippen LogP contribution in [-0.4, -0.2) is 4.57 Å². The molecule has 4 heteroatoms. The Morgan fingerprint density at radius 1 is 0.913 bits per heavy atom. The van der Waals surface area contributed by atoms with Crippen molar-refractivity contribution in [1.82, 2.24) is 4.57 Å². The molecule has 0 spiro atoms. The lowest BCUT2D eigenvalue weighted by atomic mass is 10.1. The van der Waals surface area contributed by atoms with Crippen LogP contribution in [0.3, 0.4) is 0 Å². The first kappa shape index (κ1) is 14.7. The number of aromatic nitrogens is 1. The maximum Gasteiger partial charge on any atom is 0.147 e. The lowest BCUT2D eigenvalue weighted by Crippen LogP contribution is -1.98. The molecule has 0 bridgehead atoms. The van der Waals surface area contributed by atoms with E-state index in [1.54, 1.807) is 65.4 Å². The highest BCUT2D eigenvalue weighted by molar-refractivity contribution is 5.89. The van der Waals surface area contributed by atoms with Crippen molar-refractivity contribution in [3.63, 3.8) is 0 Å². The van der Waals surface area contributed by atoms with Crippen molar-refractivity contribution in [2.24, 2.45) is 0 Å². The smallest absolute Gasteiger partial charge is 0.147 e. The van der Waals surface area contributed by atoms with Crippen LogP contribution in [0.4, 0.5) is 8.78 Å². The minimum absolute atomic E-state index is 0.180. The van der Waals surface area contributed by atoms with Gasteiger partial charge in [-0.3, -0.25) is 0 Å². The predicted molar refractivity (Wildman–Crippen MR) is 85.6 cm³/mol. The number of allylic oxidation sites excluding steroid dienone is 1. The summed E-state index contributed by atoms with van der Waals surface area (Å²) in [6, 6.07) is 17.9. The summed E-state index contributed by atoms with van der Waals surface area (Å²) in [5.74, 6) is -0.841. The summed E-state index contributed by atoms with van der Waals surface area (Å²) in [5.41, 5.74) is 1.36. The molecule has 0 unspecified atom stereocenters. The van der Waals surface area contributed by atoms with Gasteiger partial charge in [0, 0.05) is 17.5 Å². The average Bonchev–Trinajstić information content (AvgIpc) is 3.02. The summed E-state index contributed by atoms with van der Waals surface area (Å²) in [6.07, 6.45) is 3.24. The maximum atomic E-state index is 14.0. The van der Waals surface area contributed by atoms with E-state index in [1.165, 1.54) is 12.1 Å². The number of hydrogen-bond donors (Lipinski definition) is 0. The molecule has 0 saturated heterocycles. The van der Waals surface area contributed by atoms with E-state index in [9.17, 15) is 14.0 Å². The summed E-state index contributed by atoms with van der Waals surface area (Å²) in [5, 5.41) is 9.35. The molecule has 0 aliphatic carbocycles. The fraction of sp³-hybridized carbons (Fsp3) is 0. The number of halogens is 2. The Hall–Kier alpha value is -3.19. The van der Waals surface area contributed by atoms with Gasteiger partial charge >= 0.3 is 0 Å². The zero-order chi connectivity index (χ0) is 16.2. The molecule has 0 aliphatic rings. The monoisotopic (exact) mass is 306 g/mol. The van der Waals surface area contributed by atoms with Gasteiger partial charge in [0.1, 0.15) is 11.6 Å². The molecule has 0 aliphatic heterocycles. The molecule has 3 aromatic rings. The molecule has 2 aromatic carbocycles. The zero-order valence-corrected chi connectivity index (χ0v) is 12.1. The van der Waals surface area contributed by atoms with E-state index >= 15 is 0 Å². The normalized spacial score (nSPS) is 11.3. The van der Waals surface area contributed by atoms with Crippen molar-refractivity contribution in [3.05, 3.63) is 89.8 Å². The molecule has 23 heavy (non-hydrogen) atoms. The first-order valence-corrected chi connectivity index (χ1v) is 6.99. The molecular weight excluding hydrogens is 294 g/mol. The second-order valence-corrected chi connectivity index (χ2v) is 4.90. The molecule has 112 valence electrons. The van der Waals surface area contributed by atoms with Crippen LogP contribution in [0.5, 0.6) is 0 Å². The van der Waals surface area contributed by atoms with Gasteiger partial charge in [0.15, 0.2) is 0 Å². The van der Waals surface area contributed by atoms with Crippen LogP contribution in [0.1, 0.15) is 11.3 Å². The Labute approximate surface area is 132 Å². The van der Waals surface area contributed by atoms with Crippen LogP contribution in [0.15, 0.2) is 66.9 Å². The standard InChI is InChI=1S/C19H12F2N2/c20-17-8-2-1-7-16(17)14(13-22)12-15-6-5-11-23(15)19-10-4-3-9-18(19)21/h1-12H. The van der Waals surface area contributed by atoms with Crippen LogP contribution in [-0.2, 0) is 0 Å². The van der Waals surface area contributed by atoms with Crippen LogP contribution >= 0.6 is 0 Å². The van der Waals surface area contributed by atoms with Crippen molar-refractivity contribution in [2.75, 3.05) is 0 Å². The van der Waals surface area contributed by atoms with Crippen molar-refractivity contribution >= 4 is 11.6 Å². The summed E-state index contributed by atoms with van der Waals surface area (Å²) in [6.45, 7) is 0. The Balaban J connectivity index is 2.11. The third kappa shape index (κ3) is 2.90. The molecule has 0 amide bonds. The number of nitriles is 1. The van der Waals surface area contributed by atoms with E-state index in [4.69, 9.17) is 0 Å². The lowest BCUT2D eigenvalue weighted by molar-refractivity contribution is 0.618. The van der Waals surface area contributed by atoms with Gasteiger partial charge in [-0.1, -0.05) is 30.3 Å². The molecule has 0 radical (unpaired) electrons. The molecule has 0 fully saturated rings. The van der Waals surface area contributed by atoms with Crippen LogP contribution in [0, 0.1) is 23.0 Å². The Bertz CT molecular complexity index is 917. The highest BCUT2D eigenvalue weighted by Crippen LogP contribution is 2.23. The predicted octanol–water partition coefficient (Wildman–Crippen LogP) is 4.82. The molecule has 2 nitrogen and oxygen atoms in total. The highest BCUT2D eigenvalue weighted by atomic mass is 19.1. The Morgan fingerprint density at radius 3 is 2.30 bits per heavy atom. The number of hydrogen-bond acceptors (Lipinski definition) is 1. The van der Waals surface area contributed by atoms with Crippen LogP contribution in [0.2, 0.25) is 0 Å². The maximum absolute atomic E-state index is 14.0. The molecule has 0 N–H and O–H groups in total. The summed E-state index contributed by atoms with van der Waals surface area (Å²) >= 11 is 0. The average molecular weight is 306 g/mol. The topological polar surface area (TPSA) is 28.7 Å². The van der Waals surface area contributed by atoms with Gasteiger partial charge in [0.25, 0.3) is 0 Å². The van der Waals surface area contributed by atoms with Crippen molar-refractivity contribution < 1.29 is 8.78 Å². The molecule has 1 heterocycles. The molecule has 3 rings (SSSR count). The first-order chi connectivity index (χ1) is 11.2. The van der Waals surface area contributed by atoms with Crippen molar-refractivity contribution in [1.29, 1.82) is 5.26 Å². The fourth-order valence-corrected chi connectivity index (χ4v) is 2.38. The molecule has 0 atom stereocenters. The minimum atomic E-state index is -0.468. The SMILES string of the molecule is N#CC(=Cc1cccn1-c1ccccc1F)c1ccccc1F. The van der Waals surface area contributed by atoms with E-state index in [0.29, 0.717) is 11.4 Å². The van der Waals surface area contributed by atoms with E-state index in [0.717, 1.165) is 0 Å². The van der Waals surface area contributed by atoms with E-state index in [-0.39, 0.29) is 17.0 Å². The third-order valence-electron chi connectivity index (χ3n) is 3.47.